The molecule has 0 rings (SSSR count). The van der Waals surface area contributed by atoms with Gasteiger partial charge in [0.15, 0.2) is 0 Å². The summed E-state index contributed by atoms with van der Waals surface area (Å²) in [7, 11) is 0. The molecule has 0 atom stereocenters. The topological polar surface area (TPSA) is 137 Å². The normalized spacial score (nSPS) is 11.8. The van der Waals surface area contributed by atoms with Gasteiger partial charge >= 0.3 is 5.97 Å². The van der Waals surface area contributed by atoms with E-state index in [4.69, 9.17) is 73.2 Å². The van der Waals surface area contributed by atoms with Crippen molar-refractivity contribution in [1.82, 2.24) is 0 Å². The highest BCUT2D eigenvalue weighted by Crippen LogP contribution is 2.08. The predicted octanol–water partition coefficient (Wildman–Crippen LogP) is 3.72. The van der Waals surface area contributed by atoms with Gasteiger partial charge in [-0.25, -0.2) is 0 Å². The van der Waals surface area contributed by atoms with Gasteiger partial charge in [-0.1, -0.05) is 12.8 Å². The van der Waals surface area contributed by atoms with E-state index in [2.05, 4.69) is 0 Å². The standard InChI is InChI=1S/C35H69ClO14/c1-35(2,3)50-34(37)8-11-39-13-15-41-17-19-43-21-23-45-25-27-47-29-31-49-33-32-48-30-28-46-26-24-44-22-20-42-18-16-40-14-12-38-10-7-5-4-6-9-36/h4-33H2,1-3H3. The highest BCUT2D eigenvalue weighted by atomic mass is 35.5. The number of alkyl halides is 1. The van der Waals surface area contributed by atoms with Gasteiger partial charge < -0.3 is 61.6 Å². The molecule has 0 spiro atoms. The van der Waals surface area contributed by atoms with Gasteiger partial charge in [0, 0.05) is 12.5 Å². The lowest BCUT2D eigenvalue weighted by molar-refractivity contribution is -0.156. The molecule has 50 heavy (non-hydrogen) atoms. The summed E-state index contributed by atoms with van der Waals surface area (Å²) in [4.78, 5) is 11.6. The maximum absolute atomic E-state index is 11.6. The van der Waals surface area contributed by atoms with Gasteiger partial charge in [0.2, 0.25) is 0 Å². The van der Waals surface area contributed by atoms with Gasteiger partial charge in [0.05, 0.1) is 158 Å². The van der Waals surface area contributed by atoms with Gasteiger partial charge in [0.25, 0.3) is 0 Å². The Morgan fingerprint density at radius 1 is 0.360 bits per heavy atom. The average Bonchev–Trinajstić information content (AvgIpc) is 3.08. The molecule has 15 heteroatoms. The van der Waals surface area contributed by atoms with E-state index in [1.807, 2.05) is 20.8 Å². The summed E-state index contributed by atoms with van der Waals surface area (Å²) in [5.41, 5.74) is -0.474. The van der Waals surface area contributed by atoms with Gasteiger partial charge in [-0.3, -0.25) is 4.79 Å². The van der Waals surface area contributed by atoms with Crippen molar-refractivity contribution in [3.05, 3.63) is 0 Å². The van der Waals surface area contributed by atoms with E-state index < -0.39 is 5.60 Å². The number of hydrogen-bond acceptors (Lipinski definition) is 14. The Kier molecular flexibility index (Phi) is 40.5. The Hall–Kier alpha value is -0.720. The average molecular weight is 749 g/mol. The molecule has 300 valence electrons. The summed E-state index contributed by atoms with van der Waals surface area (Å²) < 4.78 is 70.9. The van der Waals surface area contributed by atoms with Crippen LogP contribution in [-0.2, 0) is 66.4 Å². The summed E-state index contributed by atoms with van der Waals surface area (Å²) in [6.45, 7) is 17.7. The quantitative estimate of drug-likeness (QED) is 0.0510. The van der Waals surface area contributed by atoms with Crippen LogP contribution in [0.2, 0.25) is 0 Å². The van der Waals surface area contributed by atoms with E-state index in [0.29, 0.717) is 152 Å². The number of rotatable bonds is 42. The van der Waals surface area contributed by atoms with Crippen LogP contribution in [0, 0.1) is 0 Å². The van der Waals surface area contributed by atoms with Crippen molar-refractivity contribution in [1.29, 1.82) is 0 Å². The second-order valence-electron chi connectivity index (χ2n) is 11.8. The summed E-state index contributed by atoms with van der Waals surface area (Å²) in [5.74, 6) is 0.475. The van der Waals surface area contributed by atoms with Crippen molar-refractivity contribution in [2.75, 3.05) is 164 Å². The Morgan fingerprint density at radius 3 is 0.860 bits per heavy atom. The molecule has 0 unspecified atom stereocenters. The summed E-state index contributed by atoms with van der Waals surface area (Å²) >= 11 is 5.65. The maximum Gasteiger partial charge on any atom is 0.308 e. The summed E-state index contributed by atoms with van der Waals surface area (Å²) in [6, 6.07) is 0. The van der Waals surface area contributed by atoms with Crippen molar-refractivity contribution < 1.29 is 66.4 Å². The monoisotopic (exact) mass is 748 g/mol. The fourth-order valence-electron chi connectivity index (χ4n) is 3.72. The molecule has 0 heterocycles. The van der Waals surface area contributed by atoms with E-state index in [9.17, 15) is 4.79 Å². The van der Waals surface area contributed by atoms with Crippen molar-refractivity contribution >= 4 is 17.6 Å². The largest absolute Gasteiger partial charge is 0.460 e. The Morgan fingerprint density at radius 2 is 0.600 bits per heavy atom. The zero-order chi connectivity index (χ0) is 36.5. The van der Waals surface area contributed by atoms with E-state index in [1.165, 1.54) is 6.42 Å². The summed E-state index contributed by atoms with van der Waals surface area (Å²) in [5, 5.41) is 0. The summed E-state index contributed by atoms with van der Waals surface area (Å²) in [6.07, 6.45) is 4.72. The second kappa shape index (κ2) is 41.0. The second-order valence-corrected chi connectivity index (χ2v) is 12.2. The number of halogens is 1. The van der Waals surface area contributed by atoms with E-state index in [0.717, 1.165) is 31.7 Å². The van der Waals surface area contributed by atoms with Crippen LogP contribution in [0.25, 0.3) is 0 Å². The minimum absolute atomic E-state index is 0.231. The van der Waals surface area contributed by atoms with E-state index in [-0.39, 0.29) is 12.4 Å². The SMILES string of the molecule is CC(C)(C)OC(=O)CCOCCOCCOCCOCCOCCOCCOCCOCCOCCOCCOCCOCCCCCCCl. The lowest BCUT2D eigenvalue weighted by atomic mass is 10.2. The molecule has 0 aromatic carbocycles. The fraction of sp³-hybridized carbons (Fsp3) is 0.971. The molecule has 0 fully saturated rings. The first-order chi connectivity index (χ1) is 24.5. The predicted molar refractivity (Wildman–Crippen MR) is 189 cm³/mol. The van der Waals surface area contributed by atoms with Crippen LogP contribution in [0.1, 0.15) is 52.9 Å². The number of carbonyl (C=O) groups is 1. The smallest absolute Gasteiger partial charge is 0.308 e. The molecule has 14 nitrogen and oxygen atoms in total. The fourth-order valence-corrected chi connectivity index (χ4v) is 3.91. The third-order valence-corrected chi connectivity index (χ3v) is 6.40. The molecule has 0 aromatic rings. The van der Waals surface area contributed by atoms with Crippen LogP contribution >= 0.6 is 11.6 Å². The Balaban J connectivity index is 3.09. The molecule has 0 radical (unpaired) electrons. The lowest BCUT2D eigenvalue weighted by Gasteiger charge is -2.19. The Labute approximate surface area is 306 Å². The molecule has 0 N–H and O–H groups in total. The maximum atomic E-state index is 11.6. The number of hydrogen-bond donors (Lipinski definition) is 0. The molecule has 0 amide bonds. The molecule has 0 aromatic heterocycles. The molecule has 0 saturated heterocycles. The number of esters is 1. The van der Waals surface area contributed by atoms with Crippen molar-refractivity contribution in [2.45, 2.75) is 58.5 Å². The Bertz CT molecular complexity index is 672. The third kappa shape index (κ3) is 45.3. The van der Waals surface area contributed by atoms with Gasteiger partial charge in [-0.2, -0.15) is 0 Å². The highest BCUT2D eigenvalue weighted by Gasteiger charge is 2.15. The van der Waals surface area contributed by atoms with Gasteiger partial charge in [-0.05, 0) is 33.6 Å². The molecular formula is C35H69ClO14. The van der Waals surface area contributed by atoms with E-state index in [1.54, 1.807) is 0 Å². The van der Waals surface area contributed by atoms with E-state index >= 15 is 0 Å². The van der Waals surface area contributed by atoms with Crippen LogP contribution in [0.5, 0.6) is 0 Å². The first-order valence-corrected chi connectivity index (χ1v) is 18.7. The lowest BCUT2D eigenvalue weighted by Crippen LogP contribution is -2.24. The minimum atomic E-state index is -0.474. The molecule has 0 aliphatic rings. The van der Waals surface area contributed by atoms with Crippen LogP contribution in [0.4, 0.5) is 0 Å². The molecular weight excluding hydrogens is 680 g/mol. The van der Waals surface area contributed by atoms with Gasteiger partial charge in [0.1, 0.15) is 5.60 Å². The van der Waals surface area contributed by atoms with Gasteiger partial charge in [-0.15, -0.1) is 11.6 Å². The van der Waals surface area contributed by atoms with Crippen molar-refractivity contribution in [2.24, 2.45) is 0 Å². The zero-order valence-corrected chi connectivity index (χ0v) is 32.1. The minimum Gasteiger partial charge on any atom is -0.460 e. The van der Waals surface area contributed by atoms with Crippen LogP contribution in [0.3, 0.4) is 0 Å². The number of unbranched alkanes of at least 4 members (excludes halogenated alkanes) is 3. The van der Waals surface area contributed by atoms with Crippen molar-refractivity contribution in [3.63, 3.8) is 0 Å². The first kappa shape index (κ1) is 49.3. The highest BCUT2D eigenvalue weighted by molar-refractivity contribution is 6.17. The van der Waals surface area contributed by atoms with Crippen LogP contribution < -0.4 is 0 Å². The van der Waals surface area contributed by atoms with Crippen LogP contribution in [0.15, 0.2) is 0 Å². The first-order valence-electron chi connectivity index (χ1n) is 18.2. The zero-order valence-electron chi connectivity index (χ0n) is 31.3. The van der Waals surface area contributed by atoms with Crippen LogP contribution in [-0.4, -0.2) is 176 Å². The van der Waals surface area contributed by atoms with Crippen molar-refractivity contribution in [3.8, 4) is 0 Å². The molecule has 0 bridgehead atoms. The molecule has 0 aliphatic carbocycles. The number of ether oxygens (including phenoxy) is 13. The molecule has 0 saturated carbocycles. The third-order valence-electron chi connectivity index (χ3n) is 6.13. The molecule has 0 aliphatic heterocycles. The number of carbonyl (C=O) groups excluding carboxylic acids is 1.